The standard InChI is InChI=1S/C22H18N6O3S/c1-26-19-18(20(30)27(2)22(26)31)28(12-23-19)10-17(29)25-21-24-16(11-32-21)15-8-7-13-5-3-4-6-14(13)9-15/h3-9,11-12H,10H2,1-2H3,(H,24,25,29). The topological polar surface area (TPSA) is 104 Å². The van der Waals surface area contributed by atoms with E-state index in [9.17, 15) is 14.4 Å². The molecule has 3 aromatic heterocycles. The third kappa shape index (κ3) is 3.30. The van der Waals surface area contributed by atoms with Crippen LogP contribution < -0.4 is 16.6 Å². The lowest BCUT2D eigenvalue weighted by molar-refractivity contribution is -0.116. The number of carbonyl (C=O) groups is 1. The molecule has 1 N–H and O–H groups in total. The van der Waals surface area contributed by atoms with Gasteiger partial charge in [0.1, 0.15) is 6.54 Å². The van der Waals surface area contributed by atoms with Gasteiger partial charge in [-0.05, 0) is 16.8 Å². The van der Waals surface area contributed by atoms with Crippen LogP contribution in [0.25, 0.3) is 33.2 Å². The Morgan fingerprint density at radius 2 is 1.84 bits per heavy atom. The number of nitrogens with one attached hydrogen (secondary N) is 1. The zero-order chi connectivity index (χ0) is 22.4. The molecule has 0 radical (unpaired) electrons. The van der Waals surface area contributed by atoms with Crippen molar-refractivity contribution in [2.75, 3.05) is 5.32 Å². The summed E-state index contributed by atoms with van der Waals surface area (Å²) in [6, 6.07) is 14.2. The average molecular weight is 446 g/mol. The second kappa shape index (κ2) is 7.57. The normalized spacial score (nSPS) is 11.3. The van der Waals surface area contributed by atoms with Gasteiger partial charge in [0, 0.05) is 25.0 Å². The first-order chi connectivity index (χ1) is 15.4. The first-order valence-electron chi connectivity index (χ1n) is 9.78. The van der Waals surface area contributed by atoms with Crippen LogP contribution in [0.5, 0.6) is 0 Å². The number of amides is 1. The molecular formula is C22H18N6O3S. The number of fused-ring (bicyclic) bond motifs is 2. The number of rotatable bonds is 4. The van der Waals surface area contributed by atoms with Gasteiger partial charge in [0.15, 0.2) is 16.3 Å². The van der Waals surface area contributed by atoms with Gasteiger partial charge in [0.25, 0.3) is 5.56 Å². The molecule has 2 aromatic carbocycles. The van der Waals surface area contributed by atoms with E-state index in [2.05, 4.69) is 27.4 Å². The lowest BCUT2D eigenvalue weighted by Crippen LogP contribution is -2.37. The van der Waals surface area contributed by atoms with Gasteiger partial charge in [-0.25, -0.2) is 14.8 Å². The Bertz CT molecular complexity index is 1620. The van der Waals surface area contributed by atoms with E-state index >= 15 is 0 Å². The molecule has 0 aliphatic rings. The van der Waals surface area contributed by atoms with Crippen molar-refractivity contribution in [1.29, 1.82) is 0 Å². The van der Waals surface area contributed by atoms with E-state index in [1.165, 1.54) is 40.9 Å². The van der Waals surface area contributed by atoms with Gasteiger partial charge in [-0.1, -0.05) is 36.4 Å². The fourth-order valence-corrected chi connectivity index (χ4v) is 4.38. The monoisotopic (exact) mass is 446 g/mol. The summed E-state index contributed by atoms with van der Waals surface area (Å²) in [6.45, 7) is -0.130. The summed E-state index contributed by atoms with van der Waals surface area (Å²) in [7, 11) is 2.93. The largest absolute Gasteiger partial charge is 0.332 e. The van der Waals surface area contributed by atoms with Crippen LogP contribution in [0.1, 0.15) is 0 Å². The molecule has 5 rings (SSSR count). The molecule has 160 valence electrons. The van der Waals surface area contributed by atoms with Crippen molar-refractivity contribution < 1.29 is 4.79 Å². The quantitative estimate of drug-likeness (QED) is 0.456. The lowest BCUT2D eigenvalue weighted by Gasteiger charge is -2.06. The Hall–Kier alpha value is -4.05. The number of hydrogen-bond donors (Lipinski definition) is 1. The molecule has 0 aliphatic carbocycles. The van der Waals surface area contributed by atoms with Gasteiger partial charge in [-0.3, -0.25) is 18.7 Å². The molecule has 32 heavy (non-hydrogen) atoms. The van der Waals surface area contributed by atoms with E-state index in [0.717, 1.165) is 26.6 Å². The van der Waals surface area contributed by atoms with Gasteiger partial charge in [-0.2, -0.15) is 0 Å². The van der Waals surface area contributed by atoms with Crippen molar-refractivity contribution in [3.8, 4) is 11.3 Å². The molecule has 9 nitrogen and oxygen atoms in total. The number of carbonyl (C=O) groups excluding carboxylic acids is 1. The van der Waals surface area contributed by atoms with Crippen LogP contribution in [0.15, 0.2) is 63.8 Å². The first kappa shape index (κ1) is 19.9. The van der Waals surface area contributed by atoms with Crippen LogP contribution in [0.2, 0.25) is 0 Å². The second-order valence-corrected chi connectivity index (χ2v) is 8.26. The van der Waals surface area contributed by atoms with Gasteiger partial charge in [0.2, 0.25) is 5.91 Å². The Labute approximate surface area is 185 Å². The molecule has 5 aromatic rings. The molecule has 0 atom stereocenters. The summed E-state index contributed by atoms with van der Waals surface area (Å²) < 4.78 is 3.71. The molecule has 3 heterocycles. The SMILES string of the molecule is Cn1c(=O)c2c(ncn2CC(=O)Nc2nc(-c3ccc4ccccc4c3)cs2)n(C)c1=O. The van der Waals surface area contributed by atoms with Crippen molar-refractivity contribution in [2.45, 2.75) is 6.54 Å². The summed E-state index contributed by atoms with van der Waals surface area (Å²) in [6.07, 6.45) is 1.38. The third-order valence-corrected chi connectivity index (χ3v) is 6.08. The first-order valence-corrected chi connectivity index (χ1v) is 10.7. The second-order valence-electron chi connectivity index (χ2n) is 7.40. The van der Waals surface area contributed by atoms with Gasteiger partial charge in [-0.15, -0.1) is 11.3 Å². The predicted octanol–water partition coefficient (Wildman–Crippen LogP) is 2.35. The maximum absolute atomic E-state index is 12.6. The Morgan fingerprint density at radius 3 is 2.66 bits per heavy atom. The van der Waals surface area contributed by atoms with Gasteiger partial charge < -0.3 is 9.88 Å². The van der Waals surface area contributed by atoms with E-state index in [0.29, 0.717) is 5.13 Å². The summed E-state index contributed by atoms with van der Waals surface area (Å²) in [5.74, 6) is -0.348. The van der Waals surface area contributed by atoms with E-state index in [-0.39, 0.29) is 23.6 Å². The maximum Gasteiger partial charge on any atom is 0.332 e. The zero-order valence-electron chi connectivity index (χ0n) is 17.3. The average Bonchev–Trinajstić information content (AvgIpc) is 3.43. The lowest BCUT2D eigenvalue weighted by atomic mass is 10.1. The smallest absolute Gasteiger partial charge is 0.315 e. The summed E-state index contributed by atoms with van der Waals surface area (Å²) in [5.41, 5.74) is 1.19. The van der Waals surface area contributed by atoms with Crippen molar-refractivity contribution in [3.63, 3.8) is 0 Å². The number of aryl methyl sites for hydroxylation is 1. The number of aromatic nitrogens is 5. The molecule has 10 heteroatoms. The van der Waals surface area contributed by atoms with E-state index < -0.39 is 11.2 Å². The Balaban J connectivity index is 1.38. The number of imidazole rings is 1. The Morgan fingerprint density at radius 1 is 1.06 bits per heavy atom. The number of benzene rings is 2. The van der Waals surface area contributed by atoms with Crippen LogP contribution in [-0.4, -0.2) is 29.6 Å². The minimum absolute atomic E-state index is 0.130. The third-order valence-electron chi connectivity index (χ3n) is 5.33. The fraction of sp³-hybridized carbons (Fsp3) is 0.136. The number of anilines is 1. The van der Waals surface area contributed by atoms with E-state index in [4.69, 9.17) is 0 Å². The number of hydrogen-bond acceptors (Lipinski definition) is 6. The van der Waals surface area contributed by atoms with Gasteiger partial charge in [0.05, 0.1) is 12.0 Å². The maximum atomic E-state index is 12.6. The number of thiazole rings is 1. The van der Waals surface area contributed by atoms with Crippen LogP contribution in [0, 0.1) is 0 Å². The minimum atomic E-state index is -0.499. The minimum Gasteiger partial charge on any atom is -0.315 e. The summed E-state index contributed by atoms with van der Waals surface area (Å²) in [5, 5.41) is 7.39. The van der Waals surface area contributed by atoms with Crippen LogP contribution in [0.4, 0.5) is 5.13 Å². The van der Waals surface area contributed by atoms with E-state index in [1.807, 2.05) is 35.7 Å². The Kier molecular flexibility index (Phi) is 4.71. The highest BCUT2D eigenvalue weighted by molar-refractivity contribution is 7.14. The molecule has 0 unspecified atom stereocenters. The summed E-state index contributed by atoms with van der Waals surface area (Å²) in [4.78, 5) is 45.9. The van der Waals surface area contributed by atoms with Crippen LogP contribution in [-0.2, 0) is 25.4 Å². The van der Waals surface area contributed by atoms with Crippen molar-refractivity contribution in [2.24, 2.45) is 14.1 Å². The van der Waals surface area contributed by atoms with Gasteiger partial charge >= 0.3 is 5.69 Å². The molecule has 1 amide bonds. The molecule has 0 bridgehead atoms. The molecular weight excluding hydrogens is 428 g/mol. The van der Waals surface area contributed by atoms with Crippen LogP contribution in [0.3, 0.4) is 0 Å². The highest BCUT2D eigenvalue weighted by Crippen LogP contribution is 2.27. The molecule has 0 aliphatic heterocycles. The summed E-state index contributed by atoms with van der Waals surface area (Å²) >= 11 is 1.33. The van der Waals surface area contributed by atoms with Crippen molar-refractivity contribution in [1.82, 2.24) is 23.7 Å². The molecule has 0 saturated heterocycles. The highest BCUT2D eigenvalue weighted by Gasteiger charge is 2.16. The van der Waals surface area contributed by atoms with Crippen LogP contribution >= 0.6 is 11.3 Å². The van der Waals surface area contributed by atoms with E-state index in [1.54, 1.807) is 0 Å². The van der Waals surface area contributed by atoms with Crippen molar-refractivity contribution in [3.05, 3.63) is 75.0 Å². The fourth-order valence-electron chi connectivity index (χ4n) is 3.64. The predicted molar refractivity (Wildman–Crippen MR) is 124 cm³/mol. The molecule has 0 spiro atoms. The van der Waals surface area contributed by atoms with Crippen molar-refractivity contribution >= 4 is 44.3 Å². The molecule has 0 saturated carbocycles. The molecule has 0 fully saturated rings. The number of nitrogens with zero attached hydrogens (tertiary/aromatic N) is 5. The zero-order valence-corrected chi connectivity index (χ0v) is 18.1. The highest BCUT2D eigenvalue weighted by atomic mass is 32.1.